The van der Waals surface area contributed by atoms with Gasteiger partial charge in [-0.25, -0.2) is 16.8 Å². The van der Waals surface area contributed by atoms with Gasteiger partial charge >= 0.3 is 0 Å². The lowest BCUT2D eigenvalue weighted by Crippen LogP contribution is -2.54. The van der Waals surface area contributed by atoms with E-state index in [4.69, 9.17) is 0 Å². The summed E-state index contributed by atoms with van der Waals surface area (Å²) in [6.07, 6.45) is 1.24. The molecule has 174 valence electrons. The minimum atomic E-state index is -3.55. The molecule has 8 nitrogen and oxygen atoms in total. The van der Waals surface area contributed by atoms with Gasteiger partial charge in [0.15, 0.2) is 9.84 Å². The maximum Gasteiger partial charge on any atom is 0.243 e. The Labute approximate surface area is 186 Å². The molecule has 0 spiro atoms. The maximum atomic E-state index is 13.1. The standard InChI is InChI=1S/C21H33N3O5S2/c1-4-18(3)24(19-9-14-30(26,27)16-19)21(25)15-22-10-12-23(13-11-22)31(28,29)20-7-5-17(2)6-8-20/h5-8,18-19H,4,9-16H2,1-3H3/t18-,19+/m0/s1. The van der Waals surface area contributed by atoms with Gasteiger partial charge in [-0.05, 0) is 38.8 Å². The van der Waals surface area contributed by atoms with Crippen molar-refractivity contribution in [2.45, 2.75) is 50.6 Å². The number of carbonyl (C=O) groups is 1. The van der Waals surface area contributed by atoms with Crippen LogP contribution in [-0.2, 0) is 24.7 Å². The number of amides is 1. The first-order valence-corrected chi connectivity index (χ1v) is 14.1. The number of sulfonamides is 1. The van der Waals surface area contributed by atoms with Gasteiger partial charge in [-0.1, -0.05) is 24.6 Å². The predicted octanol–water partition coefficient (Wildman–Crippen LogP) is 1.12. The van der Waals surface area contributed by atoms with Crippen molar-refractivity contribution in [3.05, 3.63) is 29.8 Å². The van der Waals surface area contributed by atoms with Gasteiger partial charge in [-0.3, -0.25) is 9.69 Å². The van der Waals surface area contributed by atoms with Gasteiger partial charge in [0.1, 0.15) is 0 Å². The molecular weight excluding hydrogens is 438 g/mol. The SMILES string of the molecule is CC[C@H](C)N(C(=O)CN1CCN(S(=O)(=O)c2ccc(C)cc2)CC1)[C@@H]1CCS(=O)(=O)C1. The summed E-state index contributed by atoms with van der Waals surface area (Å²) in [5, 5.41) is 0. The van der Waals surface area contributed by atoms with Crippen LogP contribution in [0.3, 0.4) is 0 Å². The number of rotatable bonds is 7. The minimum absolute atomic E-state index is 0.0333. The molecule has 0 saturated carbocycles. The first-order chi connectivity index (χ1) is 14.5. The maximum absolute atomic E-state index is 13.1. The highest BCUT2D eigenvalue weighted by molar-refractivity contribution is 7.91. The van der Waals surface area contributed by atoms with Crippen molar-refractivity contribution in [1.82, 2.24) is 14.1 Å². The summed E-state index contributed by atoms with van der Waals surface area (Å²) in [6.45, 7) is 7.62. The number of benzene rings is 1. The van der Waals surface area contributed by atoms with Crippen LogP contribution in [0.1, 0.15) is 32.3 Å². The molecule has 2 aliphatic rings. The van der Waals surface area contributed by atoms with E-state index in [1.165, 1.54) is 4.31 Å². The van der Waals surface area contributed by atoms with E-state index in [0.29, 0.717) is 32.6 Å². The second-order valence-corrected chi connectivity index (χ2v) is 12.8. The highest BCUT2D eigenvalue weighted by Gasteiger charge is 2.37. The Morgan fingerprint density at radius 3 is 2.29 bits per heavy atom. The normalized spacial score (nSPS) is 23.5. The molecule has 0 unspecified atom stereocenters. The number of hydrogen-bond donors (Lipinski definition) is 0. The molecule has 0 aliphatic carbocycles. The molecule has 2 atom stereocenters. The first-order valence-electron chi connectivity index (χ1n) is 10.8. The van der Waals surface area contributed by atoms with Gasteiger partial charge in [0, 0.05) is 38.3 Å². The highest BCUT2D eigenvalue weighted by atomic mass is 32.2. The van der Waals surface area contributed by atoms with Crippen molar-refractivity contribution in [2.75, 3.05) is 44.2 Å². The Morgan fingerprint density at radius 1 is 1.16 bits per heavy atom. The van der Waals surface area contributed by atoms with Crippen LogP contribution < -0.4 is 0 Å². The fraction of sp³-hybridized carbons (Fsp3) is 0.667. The zero-order chi connectivity index (χ0) is 22.8. The third-order valence-electron chi connectivity index (χ3n) is 6.30. The third kappa shape index (κ3) is 5.66. The molecule has 2 aliphatic heterocycles. The van der Waals surface area contributed by atoms with E-state index >= 15 is 0 Å². The molecule has 0 aromatic heterocycles. The van der Waals surface area contributed by atoms with Crippen LogP contribution in [0.4, 0.5) is 0 Å². The fourth-order valence-electron chi connectivity index (χ4n) is 4.26. The average molecular weight is 472 g/mol. The molecule has 1 amide bonds. The molecule has 31 heavy (non-hydrogen) atoms. The van der Waals surface area contributed by atoms with Crippen molar-refractivity contribution in [3.63, 3.8) is 0 Å². The topological polar surface area (TPSA) is 95.1 Å². The number of nitrogens with zero attached hydrogens (tertiary/aromatic N) is 3. The minimum Gasteiger partial charge on any atom is -0.335 e. The summed E-state index contributed by atoms with van der Waals surface area (Å²) in [5.74, 6) is 0.0882. The average Bonchev–Trinajstić information content (AvgIpc) is 3.07. The van der Waals surface area contributed by atoms with Crippen LogP contribution in [0.15, 0.2) is 29.2 Å². The van der Waals surface area contributed by atoms with Gasteiger partial charge in [0.2, 0.25) is 15.9 Å². The Bertz CT molecular complexity index is 984. The van der Waals surface area contributed by atoms with Crippen molar-refractivity contribution in [1.29, 1.82) is 0 Å². The lowest BCUT2D eigenvalue weighted by Gasteiger charge is -2.38. The molecule has 0 radical (unpaired) electrons. The van der Waals surface area contributed by atoms with Crippen LogP contribution in [-0.4, -0.2) is 93.2 Å². The van der Waals surface area contributed by atoms with Crippen molar-refractivity contribution in [3.8, 4) is 0 Å². The van der Waals surface area contributed by atoms with Crippen LogP contribution in [0, 0.1) is 6.92 Å². The lowest BCUT2D eigenvalue weighted by molar-refractivity contribution is -0.137. The van der Waals surface area contributed by atoms with Crippen LogP contribution >= 0.6 is 0 Å². The molecule has 0 N–H and O–H groups in total. The zero-order valence-electron chi connectivity index (χ0n) is 18.5. The van der Waals surface area contributed by atoms with E-state index in [1.54, 1.807) is 29.2 Å². The smallest absolute Gasteiger partial charge is 0.243 e. The Balaban J connectivity index is 1.61. The molecule has 2 fully saturated rings. The lowest BCUT2D eigenvalue weighted by atomic mass is 10.1. The first kappa shape index (κ1) is 24.2. The van der Waals surface area contributed by atoms with Gasteiger partial charge in [-0.2, -0.15) is 4.31 Å². The van der Waals surface area contributed by atoms with Gasteiger partial charge in [0.25, 0.3) is 0 Å². The predicted molar refractivity (Wildman–Crippen MR) is 120 cm³/mol. The monoisotopic (exact) mass is 471 g/mol. The number of hydrogen-bond acceptors (Lipinski definition) is 6. The van der Waals surface area contributed by atoms with Crippen molar-refractivity contribution in [2.24, 2.45) is 0 Å². The van der Waals surface area contributed by atoms with Crippen molar-refractivity contribution < 1.29 is 21.6 Å². The number of carbonyl (C=O) groups excluding carboxylic acids is 1. The van der Waals surface area contributed by atoms with E-state index in [1.807, 2.05) is 25.7 Å². The molecule has 10 heteroatoms. The summed E-state index contributed by atoms with van der Waals surface area (Å²) in [5.41, 5.74) is 1.00. The summed E-state index contributed by atoms with van der Waals surface area (Å²) in [4.78, 5) is 17.1. The summed E-state index contributed by atoms with van der Waals surface area (Å²) < 4.78 is 51.1. The summed E-state index contributed by atoms with van der Waals surface area (Å²) in [6, 6.07) is 6.52. The Hall–Kier alpha value is -1.49. The van der Waals surface area contributed by atoms with E-state index in [0.717, 1.165) is 12.0 Å². The largest absolute Gasteiger partial charge is 0.335 e. The highest BCUT2D eigenvalue weighted by Crippen LogP contribution is 2.22. The number of piperazine rings is 1. The Morgan fingerprint density at radius 2 is 1.77 bits per heavy atom. The van der Waals surface area contributed by atoms with Crippen LogP contribution in [0.2, 0.25) is 0 Å². The van der Waals surface area contributed by atoms with Crippen molar-refractivity contribution >= 4 is 25.8 Å². The van der Waals surface area contributed by atoms with Gasteiger partial charge in [0.05, 0.1) is 22.9 Å². The van der Waals surface area contributed by atoms with E-state index in [-0.39, 0.29) is 40.9 Å². The van der Waals surface area contributed by atoms with Crippen LogP contribution in [0.25, 0.3) is 0 Å². The summed E-state index contributed by atoms with van der Waals surface area (Å²) >= 11 is 0. The number of sulfone groups is 1. The third-order valence-corrected chi connectivity index (χ3v) is 9.97. The molecular formula is C21H33N3O5S2. The van der Waals surface area contributed by atoms with Gasteiger partial charge in [-0.15, -0.1) is 0 Å². The molecule has 3 rings (SSSR count). The Kier molecular flexibility index (Phi) is 7.45. The van der Waals surface area contributed by atoms with Crippen LogP contribution in [0.5, 0.6) is 0 Å². The van der Waals surface area contributed by atoms with E-state index in [9.17, 15) is 21.6 Å². The fourth-order valence-corrected chi connectivity index (χ4v) is 7.39. The molecule has 0 bridgehead atoms. The summed E-state index contributed by atoms with van der Waals surface area (Å²) in [7, 11) is -6.63. The van der Waals surface area contributed by atoms with E-state index in [2.05, 4.69) is 0 Å². The zero-order valence-corrected chi connectivity index (χ0v) is 20.2. The quantitative estimate of drug-likeness (QED) is 0.591. The van der Waals surface area contributed by atoms with Gasteiger partial charge < -0.3 is 4.90 Å². The molecule has 2 saturated heterocycles. The second kappa shape index (κ2) is 9.56. The molecule has 2 heterocycles. The van der Waals surface area contributed by atoms with E-state index < -0.39 is 19.9 Å². The number of aryl methyl sites for hydroxylation is 1. The second-order valence-electron chi connectivity index (χ2n) is 8.61. The molecule has 1 aromatic carbocycles. The molecule has 1 aromatic rings.